The van der Waals surface area contributed by atoms with Gasteiger partial charge < -0.3 is 20.1 Å². The van der Waals surface area contributed by atoms with Crippen molar-refractivity contribution in [2.45, 2.75) is 56.7 Å². The molecule has 2 aliphatic heterocycles. The van der Waals surface area contributed by atoms with Crippen LogP contribution in [0.15, 0.2) is 36.5 Å². The Balaban J connectivity index is 1.39. The zero-order valence-corrected chi connectivity index (χ0v) is 19.8. The van der Waals surface area contributed by atoms with Crippen LogP contribution in [0.4, 0.5) is 10.2 Å². The molecular formula is C25H29FN6O2. The number of anilines is 1. The highest BCUT2D eigenvalue weighted by Gasteiger charge is 2.49. The summed E-state index contributed by atoms with van der Waals surface area (Å²) >= 11 is 0. The van der Waals surface area contributed by atoms with Gasteiger partial charge in [0, 0.05) is 35.8 Å². The van der Waals surface area contributed by atoms with Gasteiger partial charge in [0.2, 0.25) is 5.88 Å². The van der Waals surface area contributed by atoms with Crippen molar-refractivity contribution in [1.29, 1.82) is 0 Å². The second-order valence-corrected chi connectivity index (χ2v) is 10.0. The number of phenolic OH excluding ortho intramolecular Hbond substituents is 1. The van der Waals surface area contributed by atoms with Crippen LogP contribution in [-0.2, 0) is 0 Å². The van der Waals surface area contributed by atoms with Crippen molar-refractivity contribution in [3.63, 3.8) is 0 Å². The lowest BCUT2D eigenvalue weighted by atomic mass is 9.84. The summed E-state index contributed by atoms with van der Waals surface area (Å²) in [6.07, 6.45) is 5.90. The number of fused-ring (bicyclic) bond motifs is 2. The lowest BCUT2D eigenvalue weighted by Crippen LogP contribution is -2.58. The maximum atomic E-state index is 15.1. The maximum Gasteiger partial charge on any atom is 0.233 e. The maximum absolute atomic E-state index is 15.1. The van der Waals surface area contributed by atoms with E-state index in [0.29, 0.717) is 23.0 Å². The summed E-state index contributed by atoms with van der Waals surface area (Å²) in [7, 11) is 3.51. The van der Waals surface area contributed by atoms with Crippen LogP contribution in [-0.4, -0.2) is 56.8 Å². The SMILES string of the molecule is COc1cc(-c2cc(O)c(-c3ccc(N(C)[C@H]4C[C@]5(C)CC[C@](C)(C4)N5)nn3)c(F)c2)cnn1. The molecule has 4 heterocycles. The van der Waals surface area contributed by atoms with Crippen LogP contribution in [0.2, 0.25) is 0 Å². The minimum atomic E-state index is -0.600. The van der Waals surface area contributed by atoms with Gasteiger partial charge in [0.1, 0.15) is 11.6 Å². The van der Waals surface area contributed by atoms with Crippen LogP contribution in [0.3, 0.4) is 0 Å². The van der Waals surface area contributed by atoms with E-state index in [2.05, 4.69) is 44.5 Å². The lowest BCUT2D eigenvalue weighted by molar-refractivity contribution is 0.207. The number of piperidine rings is 1. The van der Waals surface area contributed by atoms with Crippen LogP contribution in [0.1, 0.15) is 39.5 Å². The summed E-state index contributed by atoms with van der Waals surface area (Å²) in [5.74, 6) is 0.208. The first-order valence-electron chi connectivity index (χ1n) is 11.4. The van der Waals surface area contributed by atoms with E-state index in [4.69, 9.17) is 4.74 Å². The smallest absolute Gasteiger partial charge is 0.233 e. The minimum Gasteiger partial charge on any atom is -0.507 e. The van der Waals surface area contributed by atoms with Gasteiger partial charge in [-0.15, -0.1) is 15.3 Å². The number of aromatic nitrogens is 4. The Morgan fingerprint density at radius 2 is 1.79 bits per heavy atom. The van der Waals surface area contributed by atoms with E-state index in [1.807, 2.05) is 13.1 Å². The Kier molecular flexibility index (Phi) is 5.39. The number of halogens is 1. The Morgan fingerprint density at radius 1 is 1.06 bits per heavy atom. The van der Waals surface area contributed by atoms with E-state index in [1.54, 1.807) is 12.1 Å². The van der Waals surface area contributed by atoms with E-state index in [-0.39, 0.29) is 28.1 Å². The average Bonchev–Trinajstić information content (AvgIpc) is 3.05. The van der Waals surface area contributed by atoms with Gasteiger partial charge in [-0.1, -0.05) is 0 Å². The van der Waals surface area contributed by atoms with Gasteiger partial charge in [-0.25, -0.2) is 4.39 Å². The number of aromatic hydroxyl groups is 1. The molecule has 2 N–H and O–H groups in total. The normalized spacial score (nSPS) is 25.9. The van der Waals surface area contributed by atoms with E-state index < -0.39 is 5.82 Å². The van der Waals surface area contributed by atoms with Crippen LogP contribution in [0.25, 0.3) is 22.4 Å². The lowest BCUT2D eigenvalue weighted by Gasteiger charge is -2.45. The Hall–Kier alpha value is -3.33. The van der Waals surface area contributed by atoms with Crippen molar-refractivity contribution in [3.05, 3.63) is 42.3 Å². The fourth-order valence-corrected chi connectivity index (χ4v) is 5.55. The van der Waals surface area contributed by atoms with Crippen molar-refractivity contribution in [2.75, 3.05) is 19.1 Å². The highest BCUT2D eigenvalue weighted by Crippen LogP contribution is 2.44. The van der Waals surface area contributed by atoms with Crippen molar-refractivity contribution in [3.8, 4) is 34.0 Å². The molecule has 0 amide bonds. The number of methoxy groups -OCH3 is 1. The second-order valence-electron chi connectivity index (χ2n) is 10.0. The summed E-state index contributed by atoms with van der Waals surface area (Å²) in [5, 5.41) is 30.7. The van der Waals surface area contributed by atoms with Gasteiger partial charge in [0.15, 0.2) is 5.82 Å². The van der Waals surface area contributed by atoms with Crippen molar-refractivity contribution >= 4 is 5.82 Å². The van der Waals surface area contributed by atoms with E-state index in [1.165, 1.54) is 38.3 Å². The molecule has 2 fully saturated rings. The molecule has 3 aromatic rings. The predicted molar refractivity (Wildman–Crippen MR) is 127 cm³/mol. The average molecular weight is 465 g/mol. The summed E-state index contributed by atoms with van der Waals surface area (Å²) in [6, 6.07) is 8.31. The van der Waals surface area contributed by atoms with Gasteiger partial charge >= 0.3 is 0 Å². The number of nitrogens with one attached hydrogen (secondary N) is 1. The third-order valence-corrected chi connectivity index (χ3v) is 7.26. The zero-order valence-electron chi connectivity index (χ0n) is 19.8. The number of hydrogen-bond donors (Lipinski definition) is 2. The quantitative estimate of drug-likeness (QED) is 0.586. The number of rotatable bonds is 5. The summed E-state index contributed by atoms with van der Waals surface area (Å²) in [4.78, 5) is 2.17. The fourth-order valence-electron chi connectivity index (χ4n) is 5.55. The van der Waals surface area contributed by atoms with E-state index in [9.17, 15) is 5.11 Å². The molecule has 2 aromatic heterocycles. The van der Waals surface area contributed by atoms with Gasteiger partial charge in [0.25, 0.3) is 0 Å². The summed E-state index contributed by atoms with van der Waals surface area (Å²) in [5.41, 5.74) is 1.61. The number of ether oxygens (including phenoxy) is 1. The molecule has 3 atom stereocenters. The standard InChI is InChI=1S/C25H29FN6O2/c1-24-7-8-25(2,31-24)13-17(12-24)32(3)21-6-5-19(28-29-21)23-18(26)9-15(10-20(23)33)16-11-22(34-4)30-27-14-16/h5-6,9-11,14,17,31,33H,7-8,12-13H2,1-4H3/t17-,24-,25+. The first kappa shape index (κ1) is 22.5. The van der Waals surface area contributed by atoms with E-state index >= 15 is 4.39 Å². The second kappa shape index (κ2) is 8.16. The first-order valence-corrected chi connectivity index (χ1v) is 11.4. The first-order chi connectivity index (χ1) is 16.2. The van der Waals surface area contributed by atoms with Crippen LogP contribution in [0, 0.1) is 5.82 Å². The molecule has 2 saturated heterocycles. The van der Waals surface area contributed by atoms with Crippen molar-refractivity contribution in [1.82, 2.24) is 25.7 Å². The van der Waals surface area contributed by atoms with Crippen LogP contribution in [0.5, 0.6) is 11.6 Å². The third-order valence-electron chi connectivity index (χ3n) is 7.26. The minimum absolute atomic E-state index is 0.0133. The molecule has 2 aliphatic rings. The van der Waals surface area contributed by atoms with Gasteiger partial charge in [-0.2, -0.15) is 5.10 Å². The Bertz CT molecular complexity index is 1180. The number of benzene rings is 1. The highest BCUT2D eigenvalue weighted by atomic mass is 19.1. The molecule has 9 heteroatoms. The molecule has 178 valence electrons. The molecule has 0 aliphatic carbocycles. The Morgan fingerprint density at radius 3 is 2.41 bits per heavy atom. The largest absolute Gasteiger partial charge is 0.507 e. The molecule has 5 rings (SSSR count). The third kappa shape index (κ3) is 4.04. The topological polar surface area (TPSA) is 96.3 Å². The molecule has 1 aromatic carbocycles. The van der Waals surface area contributed by atoms with Crippen molar-refractivity contribution in [2.24, 2.45) is 0 Å². The van der Waals surface area contributed by atoms with Crippen molar-refractivity contribution < 1.29 is 14.2 Å². The molecule has 0 unspecified atom stereocenters. The highest BCUT2D eigenvalue weighted by molar-refractivity contribution is 5.75. The number of nitrogens with zero attached hydrogens (tertiary/aromatic N) is 5. The molecule has 8 nitrogen and oxygen atoms in total. The predicted octanol–water partition coefficient (Wildman–Crippen LogP) is 3.95. The van der Waals surface area contributed by atoms with Gasteiger partial charge in [0.05, 0.1) is 24.6 Å². The molecule has 0 radical (unpaired) electrons. The van der Waals surface area contributed by atoms with Gasteiger partial charge in [-0.3, -0.25) is 0 Å². The van der Waals surface area contributed by atoms with Crippen LogP contribution < -0.4 is 15.0 Å². The van der Waals surface area contributed by atoms with Gasteiger partial charge in [-0.05, 0) is 69.4 Å². The monoisotopic (exact) mass is 464 g/mol. The molecule has 2 bridgehead atoms. The van der Waals surface area contributed by atoms with E-state index in [0.717, 1.165) is 18.7 Å². The molecular weight excluding hydrogens is 435 g/mol. The molecule has 0 spiro atoms. The summed E-state index contributed by atoms with van der Waals surface area (Å²) in [6.45, 7) is 4.58. The molecule has 0 saturated carbocycles. The Labute approximate surface area is 198 Å². The molecule has 34 heavy (non-hydrogen) atoms. The van der Waals surface area contributed by atoms with Crippen LogP contribution >= 0.6 is 0 Å². The number of hydrogen-bond acceptors (Lipinski definition) is 8. The fraction of sp³-hybridized carbons (Fsp3) is 0.440. The summed E-state index contributed by atoms with van der Waals surface area (Å²) < 4.78 is 20.2. The zero-order chi connectivity index (χ0) is 24.1. The number of phenols is 1.